The van der Waals surface area contributed by atoms with E-state index in [1.54, 1.807) is 11.5 Å². The van der Waals surface area contributed by atoms with Gasteiger partial charge in [-0.2, -0.15) is 12.7 Å². The Bertz CT molecular complexity index is 1030. The number of ether oxygens (including phenoxy) is 1. The van der Waals surface area contributed by atoms with Crippen molar-refractivity contribution >= 4 is 31.5 Å². The van der Waals surface area contributed by atoms with Gasteiger partial charge in [0.15, 0.2) is 0 Å². The van der Waals surface area contributed by atoms with Gasteiger partial charge in [0.1, 0.15) is 5.82 Å². The van der Waals surface area contributed by atoms with Crippen LogP contribution in [0.2, 0.25) is 0 Å². The number of nitrogens with zero attached hydrogens (tertiary/aromatic N) is 2. The number of hydrogen-bond donors (Lipinski definition) is 2. The highest BCUT2D eigenvalue weighted by atomic mass is 35.7. The molecular formula is C22H27ClFN3O5S. The minimum Gasteiger partial charge on any atom is -0.381 e. The van der Waals surface area contributed by atoms with E-state index in [1.165, 1.54) is 10.4 Å². The number of anilines is 1. The van der Waals surface area contributed by atoms with Crippen LogP contribution < -0.4 is 10.4 Å². The van der Waals surface area contributed by atoms with Gasteiger partial charge < -0.3 is 9.64 Å². The maximum Gasteiger partial charge on any atom is 0.299 e. The molecule has 2 saturated heterocycles. The van der Waals surface area contributed by atoms with Crippen molar-refractivity contribution in [1.82, 2.24) is 9.79 Å². The molecule has 4 rings (SSSR count). The van der Waals surface area contributed by atoms with Crippen LogP contribution in [-0.2, 0) is 18.8 Å². The van der Waals surface area contributed by atoms with Crippen LogP contribution in [0.4, 0.5) is 10.1 Å². The van der Waals surface area contributed by atoms with Gasteiger partial charge in [-0.15, -0.1) is 0 Å². The second-order valence-electron chi connectivity index (χ2n) is 7.72. The van der Waals surface area contributed by atoms with E-state index in [2.05, 4.69) is 0 Å². The zero-order valence-electron chi connectivity index (χ0n) is 18.0. The van der Waals surface area contributed by atoms with E-state index >= 15 is 0 Å². The maximum absolute atomic E-state index is 14.4. The Labute approximate surface area is 197 Å². The SMILES string of the molecule is O=C(NO)C1CCOCC1.O=S(=O)(Cl)N1CCN(c2ccc(-c3ccccc3)c(F)c2)CC1. The number of piperazine rings is 1. The fourth-order valence-corrected chi connectivity index (χ4v) is 4.78. The Balaban J connectivity index is 0.000000257. The summed E-state index contributed by atoms with van der Waals surface area (Å²) in [4.78, 5) is 12.7. The van der Waals surface area contributed by atoms with Crippen LogP contribution in [0.3, 0.4) is 0 Å². The van der Waals surface area contributed by atoms with Crippen molar-refractivity contribution in [2.75, 3.05) is 44.3 Å². The Hall–Kier alpha value is -2.24. The van der Waals surface area contributed by atoms with Gasteiger partial charge in [-0.1, -0.05) is 30.3 Å². The second kappa shape index (κ2) is 11.8. The number of hydroxylamine groups is 1. The monoisotopic (exact) mass is 499 g/mol. The number of carbonyl (C=O) groups is 1. The molecule has 0 radical (unpaired) electrons. The molecule has 8 nitrogen and oxygen atoms in total. The Morgan fingerprint density at radius 3 is 2.24 bits per heavy atom. The fourth-order valence-electron chi connectivity index (χ4n) is 3.77. The topological polar surface area (TPSA) is 99.2 Å². The molecule has 2 aliphatic rings. The van der Waals surface area contributed by atoms with Crippen molar-refractivity contribution in [2.45, 2.75) is 12.8 Å². The lowest BCUT2D eigenvalue weighted by Crippen LogP contribution is -2.47. The summed E-state index contributed by atoms with van der Waals surface area (Å²) >= 11 is 0. The third-order valence-electron chi connectivity index (χ3n) is 5.65. The molecule has 0 unspecified atom stereocenters. The molecule has 1 amide bonds. The third-order valence-corrected chi connectivity index (χ3v) is 7.22. The molecule has 2 heterocycles. The minimum absolute atomic E-state index is 0.0567. The lowest BCUT2D eigenvalue weighted by Gasteiger charge is -2.34. The van der Waals surface area contributed by atoms with Crippen molar-refractivity contribution in [3.8, 4) is 11.1 Å². The summed E-state index contributed by atoms with van der Waals surface area (Å²) in [6, 6.07) is 14.5. The summed E-state index contributed by atoms with van der Waals surface area (Å²) in [7, 11) is 1.66. The summed E-state index contributed by atoms with van der Waals surface area (Å²) in [5, 5.41) is 8.25. The number of carbonyl (C=O) groups excluding carboxylic acids is 1. The smallest absolute Gasteiger partial charge is 0.299 e. The number of rotatable bonds is 4. The molecule has 2 aromatic carbocycles. The van der Waals surface area contributed by atoms with Gasteiger partial charge >= 0.3 is 0 Å². The van der Waals surface area contributed by atoms with Crippen LogP contribution in [0.25, 0.3) is 11.1 Å². The molecule has 0 spiro atoms. The van der Waals surface area contributed by atoms with E-state index in [0.717, 1.165) is 11.3 Å². The Morgan fingerprint density at radius 2 is 1.70 bits per heavy atom. The lowest BCUT2D eigenvalue weighted by molar-refractivity contribution is -0.136. The molecule has 0 atom stereocenters. The molecule has 33 heavy (non-hydrogen) atoms. The standard InChI is InChI=1S/C16H16ClFN2O2S.C6H11NO3/c17-23(21,22)20-10-8-19(9-11-20)14-6-7-15(16(18)12-14)13-4-2-1-3-5-13;8-6(7-9)5-1-3-10-4-2-5/h1-7,12H,8-11H2;5,9H,1-4H2,(H,7,8). The van der Waals surface area contributed by atoms with E-state index in [4.69, 9.17) is 20.6 Å². The molecule has 2 fully saturated rings. The van der Waals surface area contributed by atoms with E-state index in [9.17, 15) is 17.6 Å². The summed E-state index contributed by atoms with van der Waals surface area (Å²) in [6.07, 6.45) is 1.43. The second-order valence-corrected chi connectivity index (χ2v) is 10.2. The Morgan fingerprint density at radius 1 is 1.06 bits per heavy atom. The molecule has 0 bridgehead atoms. The van der Waals surface area contributed by atoms with Crippen molar-refractivity contribution < 1.29 is 27.5 Å². The van der Waals surface area contributed by atoms with Gasteiger partial charge in [0.05, 0.1) is 0 Å². The quantitative estimate of drug-likeness (QED) is 0.381. The number of hydrogen-bond acceptors (Lipinski definition) is 6. The minimum atomic E-state index is -3.68. The molecular weight excluding hydrogens is 473 g/mol. The fraction of sp³-hybridized carbons (Fsp3) is 0.409. The van der Waals surface area contributed by atoms with Gasteiger partial charge in [-0.05, 0) is 36.6 Å². The first-order chi connectivity index (χ1) is 15.8. The molecule has 0 saturated carbocycles. The average Bonchev–Trinajstić information content (AvgIpc) is 2.84. The van der Waals surface area contributed by atoms with Gasteiger partial charge in [0, 0.05) is 67.2 Å². The van der Waals surface area contributed by atoms with Crippen molar-refractivity contribution in [2.24, 2.45) is 5.92 Å². The zero-order chi connectivity index (χ0) is 23.8. The summed E-state index contributed by atoms with van der Waals surface area (Å²) in [5.74, 6) is -0.636. The van der Waals surface area contributed by atoms with E-state index in [-0.39, 0.29) is 17.6 Å². The predicted molar refractivity (Wildman–Crippen MR) is 124 cm³/mol. The van der Waals surface area contributed by atoms with Crippen molar-refractivity contribution in [1.29, 1.82) is 0 Å². The van der Waals surface area contributed by atoms with Crippen LogP contribution in [-0.4, -0.2) is 63.2 Å². The first-order valence-electron chi connectivity index (χ1n) is 10.6. The molecule has 2 aromatic rings. The number of nitrogens with one attached hydrogen (secondary N) is 1. The van der Waals surface area contributed by atoms with Crippen LogP contribution in [0, 0.1) is 11.7 Å². The van der Waals surface area contributed by atoms with E-state index in [0.29, 0.717) is 57.8 Å². The van der Waals surface area contributed by atoms with Gasteiger partial charge in [-0.25, -0.2) is 9.87 Å². The molecule has 0 aromatic heterocycles. The van der Waals surface area contributed by atoms with Crippen molar-refractivity contribution in [3.05, 3.63) is 54.3 Å². The number of benzene rings is 2. The van der Waals surface area contributed by atoms with Crippen molar-refractivity contribution in [3.63, 3.8) is 0 Å². The highest BCUT2D eigenvalue weighted by molar-refractivity contribution is 8.11. The molecule has 2 N–H and O–H groups in total. The van der Waals surface area contributed by atoms with E-state index in [1.807, 2.05) is 41.3 Å². The van der Waals surface area contributed by atoms with Gasteiger partial charge in [-0.3, -0.25) is 10.0 Å². The summed E-state index contributed by atoms with van der Waals surface area (Å²) in [5.41, 5.74) is 3.76. The lowest BCUT2D eigenvalue weighted by atomic mass is 10.0. The third kappa shape index (κ3) is 7.12. The van der Waals surface area contributed by atoms with Crippen LogP contribution in [0.5, 0.6) is 0 Å². The first-order valence-corrected chi connectivity index (χ1v) is 12.9. The van der Waals surface area contributed by atoms with Crippen LogP contribution >= 0.6 is 10.7 Å². The molecule has 180 valence electrons. The Kier molecular flexibility index (Phi) is 9.04. The highest BCUT2D eigenvalue weighted by Crippen LogP contribution is 2.27. The maximum atomic E-state index is 14.4. The normalized spacial score (nSPS) is 17.7. The number of amides is 1. The molecule has 2 aliphatic heterocycles. The van der Waals surface area contributed by atoms with Gasteiger partial charge in [0.2, 0.25) is 5.91 Å². The van der Waals surface area contributed by atoms with E-state index < -0.39 is 9.24 Å². The zero-order valence-corrected chi connectivity index (χ0v) is 19.6. The predicted octanol–water partition coefficient (Wildman–Crippen LogP) is 3.02. The summed E-state index contributed by atoms with van der Waals surface area (Å²) < 4.78 is 43.3. The molecule has 0 aliphatic carbocycles. The number of halogens is 2. The largest absolute Gasteiger partial charge is 0.381 e. The molecule has 11 heteroatoms. The highest BCUT2D eigenvalue weighted by Gasteiger charge is 2.25. The van der Waals surface area contributed by atoms with Crippen LogP contribution in [0.1, 0.15) is 12.8 Å². The first kappa shape index (κ1) is 25.4. The summed E-state index contributed by atoms with van der Waals surface area (Å²) in [6.45, 7) is 2.81. The van der Waals surface area contributed by atoms with Gasteiger partial charge in [0.25, 0.3) is 9.24 Å². The van der Waals surface area contributed by atoms with Crippen LogP contribution in [0.15, 0.2) is 48.5 Å². The average molecular weight is 500 g/mol.